The lowest BCUT2D eigenvalue weighted by molar-refractivity contribution is 0.258. The largest absolute Gasteiger partial charge is 0.487 e. The Morgan fingerprint density at radius 2 is 1.87 bits per heavy atom. The van der Waals surface area contributed by atoms with Crippen molar-refractivity contribution in [1.82, 2.24) is 19.9 Å². The molecule has 1 fully saturated rings. The van der Waals surface area contributed by atoms with Gasteiger partial charge in [-0.2, -0.15) is 0 Å². The zero-order valence-electron chi connectivity index (χ0n) is 13.6. The molecule has 0 radical (unpaired) electrons. The zero-order chi connectivity index (χ0) is 16.1. The van der Waals surface area contributed by atoms with E-state index in [1.807, 2.05) is 35.9 Å². The van der Waals surface area contributed by atoms with E-state index in [0.29, 0.717) is 12.3 Å². The van der Waals surface area contributed by atoms with E-state index in [2.05, 4.69) is 15.2 Å². The summed E-state index contributed by atoms with van der Waals surface area (Å²) in [6.07, 6.45) is 2.56. The minimum absolute atomic E-state index is 0.115. The summed E-state index contributed by atoms with van der Waals surface area (Å²) in [5.74, 6) is 0.812. The molecule has 0 bridgehead atoms. The first kappa shape index (κ1) is 16.0. The number of rotatable bonds is 7. The molecule has 1 aliphatic heterocycles. The predicted molar refractivity (Wildman–Crippen MR) is 87.1 cm³/mol. The van der Waals surface area contributed by atoms with Crippen LogP contribution in [-0.4, -0.2) is 44.6 Å². The Labute approximate surface area is 136 Å². The van der Waals surface area contributed by atoms with Crippen LogP contribution in [-0.2, 0) is 19.8 Å². The summed E-state index contributed by atoms with van der Waals surface area (Å²) < 4.78 is 7.69. The molecule has 0 atom stereocenters. The standard InChI is InChI=1S/C17H24N4O2/c1-14-4-6-15(7-5-14)23-13-17-16(12-22)18-19-21(17)11-10-20-8-2-3-9-20/h4-7,22H,2-3,8-13H2,1H3. The summed E-state index contributed by atoms with van der Waals surface area (Å²) in [5.41, 5.74) is 2.65. The van der Waals surface area contributed by atoms with Gasteiger partial charge in [-0.1, -0.05) is 22.9 Å². The van der Waals surface area contributed by atoms with Crippen LogP contribution >= 0.6 is 0 Å². The Kier molecular flexibility index (Phi) is 5.25. The number of aryl methyl sites for hydroxylation is 1. The first-order valence-corrected chi connectivity index (χ1v) is 8.20. The monoisotopic (exact) mass is 316 g/mol. The Bertz CT molecular complexity index is 618. The van der Waals surface area contributed by atoms with Crippen LogP contribution in [0.5, 0.6) is 5.75 Å². The third-order valence-electron chi connectivity index (χ3n) is 4.29. The Morgan fingerprint density at radius 3 is 2.57 bits per heavy atom. The molecule has 23 heavy (non-hydrogen) atoms. The molecule has 2 aromatic rings. The highest BCUT2D eigenvalue weighted by Gasteiger charge is 2.16. The van der Waals surface area contributed by atoms with E-state index in [1.54, 1.807) is 0 Å². The van der Waals surface area contributed by atoms with Gasteiger partial charge in [-0.25, -0.2) is 4.68 Å². The van der Waals surface area contributed by atoms with Crippen molar-refractivity contribution >= 4 is 0 Å². The maximum atomic E-state index is 9.46. The lowest BCUT2D eigenvalue weighted by Crippen LogP contribution is -2.25. The number of likely N-dealkylation sites (tertiary alicyclic amines) is 1. The lowest BCUT2D eigenvalue weighted by atomic mass is 10.2. The van der Waals surface area contributed by atoms with Crippen molar-refractivity contribution in [3.8, 4) is 5.75 Å². The van der Waals surface area contributed by atoms with E-state index in [-0.39, 0.29) is 6.61 Å². The van der Waals surface area contributed by atoms with Gasteiger partial charge >= 0.3 is 0 Å². The van der Waals surface area contributed by atoms with Gasteiger partial charge < -0.3 is 14.7 Å². The van der Waals surface area contributed by atoms with Crippen LogP contribution in [0.1, 0.15) is 29.8 Å². The Balaban J connectivity index is 1.64. The van der Waals surface area contributed by atoms with Crippen molar-refractivity contribution in [1.29, 1.82) is 0 Å². The smallest absolute Gasteiger partial charge is 0.132 e. The average molecular weight is 316 g/mol. The molecule has 1 N–H and O–H groups in total. The van der Waals surface area contributed by atoms with Gasteiger partial charge in [0.15, 0.2) is 0 Å². The van der Waals surface area contributed by atoms with E-state index in [4.69, 9.17) is 4.74 Å². The number of ether oxygens (including phenoxy) is 1. The molecule has 1 aromatic heterocycles. The van der Waals surface area contributed by atoms with Gasteiger partial charge in [0.1, 0.15) is 23.7 Å². The molecule has 6 heteroatoms. The number of aromatic nitrogens is 3. The van der Waals surface area contributed by atoms with Crippen LogP contribution in [0.3, 0.4) is 0 Å². The van der Waals surface area contributed by atoms with Gasteiger partial charge in [-0.05, 0) is 45.0 Å². The molecule has 0 spiro atoms. The zero-order valence-corrected chi connectivity index (χ0v) is 13.6. The van der Waals surface area contributed by atoms with Crippen molar-refractivity contribution in [3.05, 3.63) is 41.2 Å². The summed E-state index contributed by atoms with van der Waals surface area (Å²) >= 11 is 0. The summed E-state index contributed by atoms with van der Waals surface area (Å²) in [4.78, 5) is 2.44. The van der Waals surface area contributed by atoms with Crippen molar-refractivity contribution in [2.75, 3.05) is 19.6 Å². The summed E-state index contributed by atoms with van der Waals surface area (Å²) in [5, 5.41) is 17.7. The van der Waals surface area contributed by atoms with Crippen molar-refractivity contribution in [3.63, 3.8) is 0 Å². The second kappa shape index (κ2) is 7.57. The minimum Gasteiger partial charge on any atom is -0.487 e. The fraction of sp³-hybridized carbons (Fsp3) is 0.529. The van der Waals surface area contributed by atoms with E-state index < -0.39 is 0 Å². The summed E-state index contributed by atoms with van der Waals surface area (Å²) in [6, 6.07) is 7.94. The molecule has 1 aliphatic rings. The first-order valence-electron chi connectivity index (χ1n) is 8.20. The topological polar surface area (TPSA) is 63.4 Å². The van der Waals surface area contributed by atoms with Gasteiger partial charge in [0.2, 0.25) is 0 Å². The minimum atomic E-state index is -0.115. The second-order valence-electron chi connectivity index (χ2n) is 6.01. The number of hydrogen-bond acceptors (Lipinski definition) is 5. The molecule has 124 valence electrons. The third-order valence-corrected chi connectivity index (χ3v) is 4.29. The highest BCUT2D eigenvalue weighted by atomic mass is 16.5. The van der Waals surface area contributed by atoms with E-state index in [0.717, 1.165) is 37.6 Å². The summed E-state index contributed by atoms with van der Waals surface area (Å²) in [6.45, 7) is 6.37. The molecule has 0 saturated carbocycles. The maximum absolute atomic E-state index is 9.46. The van der Waals surface area contributed by atoms with Crippen LogP contribution in [0.2, 0.25) is 0 Å². The van der Waals surface area contributed by atoms with Gasteiger partial charge in [0, 0.05) is 6.54 Å². The SMILES string of the molecule is Cc1ccc(OCc2c(CO)nnn2CCN2CCCC2)cc1. The molecular weight excluding hydrogens is 292 g/mol. The fourth-order valence-electron chi connectivity index (χ4n) is 2.86. The first-order chi connectivity index (χ1) is 11.3. The lowest BCUT2D eigenvalue weighted by Gasteiger charge is -2.15. The van der Waals surface area contributed by atoms with Gasteiger partial charge in [0.25, 0.3) is 0 Å². The second-order valence-corrected chi connectivity index (χ2v) is 6.01. The summed E-state index contributed by atoms with van der Waals surface area (Å²) in [7, 11) is 0. The van der Waals surface area contributed by atoms with Gasteiger partial charge in [0.05, 0.1) is 13.2 Å². The predicted octanol–water partition coefficient (Wildman–Crippen LogP) is 1.75. The number of aliphatic hydroxyl groups excluding tert-OH is 1. The quantitative estimate of drug-likeness (QED) is 0.843. The molecule has 0 amide bonds. The van der Waals surface area contributed by atoms with E-state index in [9.17, 15) is 5.11 Å². The van der Waals surface area contributed by atoms with Crippen LogP contribution in [0, 0.1) is 6.92 Å². The number of hydrogen-bond donors (Lipinski definition) is 1. The maximum Gasteiger partial charge on any atom is 0.132 e. The van der Waals surface area contributed by atoms with Crippen LogP contribution in [0.4, 0.5) is 0 Å². The number of aliphatic hydroxyl groups is 1. The normalized spacial score (nSPS) is 15.2. The van der Waals surface area contributed by atoms with E-state index >= 15 is 0 Å². The van der Waals surface area contributed by atoms with Crippen molar-refractivity contribution in [2.45, 2.75) is 39.5 Å². The highest BCUT2D eigenvalue weighted by Crippen LogP contribution is 2.15. The Morgan fingerprint density at radius 1 is 1.13 bits per heavy atom. The van der Waals surface area contributed by atoms with Gasteiger partial charge in [-0.3, -0.25) is 0 Å². The molecule has 3 rings (SSSR count). The number of benzene rings is 1. The third kappa shape index (κ3) is 4.09. The van der Waals surface area contributed by atoms with Crippen molar-refractivity contribution in [2.24, 2.45) is 0 Å². The van der Waals surface area contributed by atoms with Crippen molar-refractivity contribution < 1.29 is 9.84 Å². The van der Waals surface area contributed by atoms with E-state index in [1.165, 1.54) is 18.4 Å². The fourth-order valence-corrected chi connectivity index (χ4v) is 2.86. The molecule has 1 aromatic carbocycles. The molecular formula is C17H24N4O2. The molecule has 0 unspecified atom stereocenters. The van der Waals surface area contributed by atoms with Gasteiger partial charge in [-0.15, -0.1) is 5.10 Å². The van der Waals surface area contributed by atoms with Crippen LogP contribution in [0.25, 0.3) is 0 Å². The molecule has 1 saturated heterocycles. The average Bonchev–Trinajstić information content (AvgIpc) is 3.21. The highest BCUT2D eigenvalue weighted by molar-refractivity contribution is 5.26. The molecule has 0 aliphatic carbocycles. The molecule has 6 nitrogen and oxygen atoms in total. The number of nitrogens with zero attached hydrogens (tertiary/aromatic N) is 4. The van der Waals surface area contributed by atoms with Crippen LogP contribution < -0.4 is 4.74 Å². The molecule has 2 heterocycles. The van der Waals surface area contributed by atoms with Crippen LogP contribution in [0.15, 0.2) is 24.3 Å². The Hall–Kier alpha value is -1.92.